The largest absolute Gasteiger partial charge is 0.344 e. The van der Waals surface area contributed by atoms with Crippen LogP contribution >= 0.6 is 0 Å². The van der Waals surface area contributed by atoms with Gasteiger partial charge in [0.15, 0.2) is 5.84 Å². The molecule has 3 nitrogen and oxygen atoms in total. The van der Waals surface area contributed by atoms with E-state index in [2.05, 4.69) is 224 Å². The van der Waals surface area contributed by atoms with Gasteiger partial charge >= 0.3 is 0 Å². The number of aliphatic imine (C=N–C) groups is 2. The van der Waals surface area contributed by atoms with Gasteiger partial charge in [-0.1, -0.05) is 206 Å². The Morgan fingerprint density at radius 3 is 1.57 bits per heavy atom. The minimum Gasteiger partial charge on any atom is -0.344 e. The number of hydrogen-bond donors (Lipinski definition) is 1. The Labute approximate surface area is 355 Å². The second-order valence-electron chi connectivity index (χ2n) is 16.1. The third-order valence-corrected chi connectivity index (χ3v) is 12.8. The molecule has 0 amide bonds. The Bertz CT molecular complexity index is 3310. The summed E-state index contributed by atoms with van der Waals surface area (Å²) in [7, 11) is 0. The van der Waals surface area contributed by atoms with E-state index in [0.717, 1.165) is 33.7 Å². The molecule has 0 saturated carbocycles. The third kappa shape index (κ3) is 5.58. The van der Waals surface area contributed by atoms with E-state index >= 15 is 0 Å². The van der Waals surface area contributed by atoms with Crippen LogP contribution in [0, 0.1) is 0 Å². The first kappa shape index (κ1) is 35.1. The minimum absolute atomic E-state index is 0.308. The summed E-state index contributed by atoms with van der Waals surface area (Å²) >= 11 is 0. The van der Waals surface area contributed by atoms with Gasteiger partial charge in [-0.3, -0.25) is 0 Å². The predicted molar refractivity (Wildman–Crippen MR) is 254 cm³/mol. The van der Waals surface area contributed by atoms with Crippen LogP contribution in [-0.2, 0) is 5.41 Å². The molecule has 12 rings (SSSR count). The molecule has 1 heterocycles. The van der Waals surface area contributed by atoms with Crippen molar-refractivity contribution in [2.75, 3.05) is 0 Å². The SMILES string of the molecule is c1ccc(C2N=C(c3ccc4c5ccccc5c5ccccc5c4c3)N=C(c3cccc(-c4ccc5c(c4)-c4ccccc4C5(c4ccccc4)c4ccccc4)c3)N2)cc1. The number of rotatable bonds is 6. The molecule has 2 aliphatic rings. The van der Waals surface area contributed by atoms with E-state index < -0.39 is 5.41 Å². The van der Waals surface area contributed by atoms with Gasteiger partial charge in [0.1, 0.15) is 12.0 Å². The van der Waals surface area contributed by atoms with Gasteiger partial charge in [0.25, 0.3) is 0 Å². The molecule has 286 valence electrons. The van der Waals surface area contributed by atoms with Crippen molar-refractivity contribution in [3.8, 4) is 22.3 Å². The standard InChI is InChI=1S/C58H39N3/c1-4-17-38(18-5-1)55-59-56(61-57(60-55)42-31-33-49-47-27-11-10-25-45(47)46-26-12-13-28-48(46)51(49)37-42)41-20-16-19-39(35-41)40-32-34-54-52(36-40)50-29-14-15-30-53(50)58(54,43-21-6-2-7-22-43)44-23-8-3-9-24-44/h1-37,55H,(H,59,60,61). The Balaban J connectivity index is 0.986. The first-order valence-corrected chi connectivity index (χ1v) is 21.0. The van der Waals surface area contributed by atoms with Crippen molar-refractivity contribution in [1.29, 1.82) is 0 Å². The van der Waals surface area contributed by atoms with Crippen LogP contribution in [-0.4, -0.2) is 11.7 Å². The highest BCUT2D eigenvalue weighted by molar-refractivity contribution is 6.26. The van der Waals surface area contributed by atoms with Crippen molar-refractivity contribution in [3.63, 3.8) is 0 Å². The summed E-state index contributed by atoms with van der Waals surface area (Å²) in [5.41, 5.74) is 12.6. The summed E-state index contributed by atoms with van der Waals surface area (Å²) in [6.45, 7) is 0. The molecule has 0 spiro atoms. The minimum atomic E-state index is -0.431. The Morgan fingerprint density at radius 2 is 0.885 bits per heavy atom. The van der Waals surface area contributed by atoms with Crippen molar-refractivity contribution >= 4 is 44.0 Å². The maximum Gasteiger partial charge on any atom is 0.159 e. The normalized spacial score (nSPS) is 15.2. The van der Waals surface area contributed by atoms with Gasteiger partial charge in [-0.2, -0.15) is 0 Å². The molecule has 1 aliphatic heterocycles. The zero-order chi connectivity index (χ0) is 40.3. The predicted octanol–water partition coefficient (Wildman–Crippen LogP) is 13.7. The van der Waals surface area contributed by atoms with E-state index in [0.29, 0.717) is 5.84 Å². The van der Waals surface area contributed by atoms with E-state index in [1.807, 2.05) is 6.07 Å². The van der Waals surface area contributed by atoms with E-state index in [-0.39, 0.29) is 6.17 Å². The zero-order valence-corrected chi connectivity index (χ0v) is 33.3. The highest BCUT2D eigenvalue weighted by Gasteiger charge is 2.46. The molecular formula is C58H39N3. The first-order valence-electron chi connectivity index (χ1n) is 21.0. The molecule has 0 fully saturated rings. The third-order valence-electron chi connectivity index (χ3n) is 12.8. The van der Waals surface area contributed by atoms with Crippen molar-refractivity contribution in [3.05, 3.63) is 263 Å². The Kier molecular flexibility index (Phi) is 8.14. The van der Waals surface area contributed by atoms with E-state index in [1.54, 1.807) is 0 Å². The molecule has 3 heteroatoms. The highest BCUT2D eigenvalue weighted by Crippen LogP contribution is 2.56. The topological polar surface area (TPSA) is 36.8 Å². The van der Waals surface area contributed by atoms with Gasteiger partial charge in [-0.05, 0) is 101 Å². The fraction of sp³-hybridized carbons (Fsp3) is 0.0345. The average molecular weight is 778 g/mol. The number of hydrogen-bond acceptors (Lipinski definition) is 3. The Morgan fingerprint density at radius 1 is 0.361 bits per heavy atom. The van der Waals surface area contributed by atoms with E-state index in [1.165, 1.54) is 65.7 Å². The maximum atomic E-state index is 5.31. The van der Waals surface area contributed by atoms with Crippen LogP contribution in [0.3, 0.4) is 0 Å². The lowest BCUT2D eigenvalue weighted by Crippen LogP contribution is -2.33. The average Bonchev–Trinajstić information content (AvgIpc) is 3.65. The van der Waals surface area contributed by atoms with Gasteiger partial charge in [-0.15, -0.1) is 0 Å². The van der Waals surface area contributed by atoms with Crippen LogP contribution in [0.2, 0.25) is 0 Å². The second kappa shape index (κ2) is 14.1. The summed E-state index contributed by atoms with van der Waals surface area (Å²) in [5.74, 6) is 1.50. The van der Waals surface area contributed by atoms with Gasteiger partial charge in [0.2, 0.25) is 0 Å². The van der Waals surface area contributed by atoms with Crippen LogP contribution < -0.4 is 5.32 Å². The molecular weight excluding hydrogens is 739 g/mol. The van der Waals surface area contributed by atoms with Crippen molar-refractivity contribution in [2.45, 2.75) is 11.6 Å². The number of nitrogens with one attached hydrogen (secondary N) is 1. The summed E-state index contributed by atoms with van der Waals surface area (Å²) in [6, 6.07) is 81.2. The van der Waals surface area contributed by atoms with E-state index in [4.69, 9.17) is 9.98 Å². The maximum absolute atomic E-state index is 5.31. The smallest absolute Gasteiger partial charge is 0.159 e. The summed E-state index contributed by atoms with van der Waals surface area (Å²) in [5, 5.41) is 11.1. The number of amidine groups is 2. The molecule has 0 saturated heterocycles. The molecule has 10 aromatic rings. The number of nitrogens with zero attached hydrogens (tertiary/aromatic N) is 2. The van der Waals surface area contributed by atoms with Crippen LogP contribution in [0.5, 0.6) is 0 Å². The molecule has 10 aromatic carbocycles. The van der Waals surface area contributed by atoms with Crippen LogP contribution in [0.25, 0.3) is 54.6 Å². The number of benzene rings is 10. The lowest BCUT2D eigenvalue weighted by Gasteiger charge is -2.33. The van der Waals surface area contributed by atoms with Gasteiger partial charge in [0, 0.05) is 11.1 Å². The molecule has 1 aliphatic carbocycles. The summed E-state index contributed by atoms with van der Waals surface area (Å²) in [6.07, 6.45) is -0.308. The molecule has 0 radical (unpaired) electrons. The second-order valence-corrected chi connectivity index (χ2v) is 16.1. The molecule has 1 unspecified atom stereocenters. The highest BCUT2D eigenvalue weighted by atomic mass is 15.2. The monoisotopic (exact) mass is 777 g/mol. The van der Waals surface area contributed by atoms with E-state index in [9.17, 15) is 0 Å². The van der Waals surface area contributed by atoms with Crippen molar-refractivity contribution in [2.24, 2.45) is 9.98 Å². The summed E-state index contributed by atoms with van der Waals surface area (Å²) in [4.78, 5) is 10.6. The lowest BCUT2D eigenvalue weighted by atomic mass is 9.67. The zero-order valence-electron chi connectivity index (χ0n) is 33.3. The molecule has 1 N–H and O–H groups in total. The van der Waals surface area contributed by atoms with Crippen LogP contribution in [0.15, 0.2) is 234 Å². The van der Waals surface area contributed by atoms with Gasteiger partial charge < -0.3 is 5.32 Å². The fourth-order valence-corrected chi connectivity index (χ4v) is 10.1. The fourth-order valence-electron chi connectivity index (χ4n) is 10.1. The van der Waals surface area contributed by atoms with Crippen molar-refractivity contribution in [1.82, 2.24) is 5.32 Å². The van der Waals surface area contributed by atoms with Crippen LogP contribution in [0.1, 0.15) is 45.1 Å². The Hall–Kier alpha value is -7.88. The lowest BCUT2D eigenvalue weighted by molar-refractivity contribution is 0.674. The van der Waals surface area contributed by atoms with Crippen molar-refractivity contribution < 1.29 is 0 Å². The van der Waals surface area contributed by atoms with Gasteiger partial charge in [0.05, 0.1) is 5.41 Å². The first-order chi connectivity index (χ1) is 30.2. The van der Waals surface area contributed by atoms with Crippen LogP contribution in [0.4, 0.5) is 0 Å². The molecule has 61 heavy (non-hydrogen) atoms. The number of fused-ring (bicyclic) bond motifs is 9. The van der Waals surface area contributed by atoms with Gasteiger partial charge in [-0.25, -0.2) is 9.98 Å². The quantitative estimate of drug-likeness (QED) is 0.168. The molecule has 0 bridgehead atoms. The summed E-state index contributed by atoms with van der Waals surface area (Å²) < 4.78 is 0. The molecule has 0 aromatic heterocycles. The molecule has 1 atom stereocenters.